The van der Waals surface area contributed by atoms with Gasteiger partial charge in [0.1, 0.15) is 12.4 Å². The average molecular weight is 211 g/mol. The van der Waals surface area contributed by atoms with E-state index in [2.05, 4.69) is 35.4 Å². The highest BCUT2D eigenvalue weighted by molar-refractivity contribution is 5.65. The van der Waals surface area contributed by atoms with Crippen LogP contribution in [0, 0.1) is 6.92 Å². The summed E-state index contributed by atoms with van der Waals surface area (Å²) in [5, 5.41) is 0. The van der Waals surface area contributed by atoms with Gasteiger partial charge in [-0.3, -0.25) is 4.79 Å². The van der Waals surface area contributed by atoms with Crippen LogP contribution in [0.25, 0.3) is 0 Å². The fourth-order valence-corrected chi connectivity index (χ4v) is 1.56. The normalized spacial score (nSPS) is 10.3. The molecule has 15 heavy (non-hydrogen) atoms. The molecule has 0 aliphatic rings. The molecule has 0 saturated heterocycles. The molecule has 84 valence electrons. The first-order valence-electron chi connectivity index (χ1n) is 5.33. The van der Waals surface area contributed by atoms with Crippen LogP contribution >= 0.6 is 0 Å². The molecule has 0 aromatic carbocycles. The predicted molar refractivity (Wildman–Crippen MR) is 56.3 cm³/mol. The highest BCUT2D eigenvalue weighted by Gasteiger charge is 2.09. The van der Waals surface area contributed by atoms with Gasteiger partial charge in [0, 0.05) is 20.3 Å². The van der Waals surface area contributed by atoms with E-state index in [0.717, 1.165) is 19.5 Å². The van der Waals surface area contributed by atoms with E-state index in [4.69, 9.17) is 4.74 Å². The molecule has 0 fully saturated rings. The van der Waals surface area contributed by atoms with E-state index in [0.29, 0.717) is 6.61 Å². The molecule has 0 amide bonds. The van der Waals surface area contributed by atoms with Crippen molar-refractivity contribution in [2.75, 3.05) is 6.61 Å². The van der Waals surface area contributed by atoms with Crippen molar-refractivity contribution in [2.45, 2.75) is 40.3 Å². The van der Waals surface area contributed by atoms with Crippen molar-refractivity contribution in [3.05, 3.63) is 18.2 Å². The molecule has 0 saturated carbocycles. The van der Waals surface area contributed by atoms with E-state index in [-0.39, 0.29) is 5.97 Å². The molecule has 0 N–H and O–H groups in total. The van der Waals surface area contributed by atoms with Gasteiger partial charge in [-0.25, -0.2) is 9.13 Å². The Bertz CT molecular complexity index is 331. The molecule has 0 atom stereocenters. The Labute approximate surface area is 90.5 Å². The lowest BCUT2D eigenvalue weighted by atomic mass is 10.4. The number of rotatable bonds is 5. The van der Waals surface area contributed by atoms with Crippen molar-refractivity contribution >= 4 is 5.97 Å². The van der Waals surface area contributed by atoms with Crippen LogP contribution in [0.15, 0.2) is 12.4 Å². The number of aryl methyl sites for hydroxylation is 2. The molecule has 4 heteroatoms. The number of carbonyl (C=O) groups excluding carboxylic acids is 1. The zero-order valence-corrected chi connectivity index (χ0v) is 9.69. The smallest absolute Gasteiger partial charge is 0.302 e. The number of carbonyl (C=O) groups is 1. The maximum Gasteiger partial charge on any atom is 0.302 e. The molecule has 0 radical (unpaired) electrons. The lowest BCUT2D eigenvalue weighted by Crippen LogP contribution is -2.36. The first-order chi connectivity index (χ1) is 7.15. The summed E-state index contributed by atoms with van der Waals surface area (Å²) < 4.78 is 9.24. The van der Waals surface area contributed by atoms with Crippen LogP contribution in [0.1, 0.15) is 26.1 Å². The van der Waals surface area contributed by atoms with Crippen molar-refractivity contribution in [1.82, 2.24) is 4.57 Å². The molecule has 0 unspecified atom stereocenters. The Kier molecular flexibility index (Phi) is 4.34. The van der Waals surface area contributed by atoms with Crippen LogP contribution < -0.4 is 4.57 Å². The van der Waals surface area contributed by atoms with Crippen molar-refractivity contribution in [2.24, 2.45) is 0 Å². The summed E-state index contributed by atoms with van der Waals surface area (Å²) in [5.74, 6) is 1.03. The van der Waals surface area contributed by atoms with Gasteiger partial charge in [-0.1, -0.05) is 0 Å². The summed E-state index contributed by atoms with van der Waals surface area (Å²) >= 11 is 0. The van der Waals surface area contributed by atoms with Crippen molar-refractivity contribution in [3.8, 4) is 0 Å². The van der Waals surface area contributed by atoms with Crippen LogP contribution in [0.3, 0.4) is 0 Å². The monoisotopic (exact) mass is 211 g/mol. The van der Waals surface area contributed by atoms with Gasteiger partial charge < -0.3 is 4.74 Å². The molecule has 1 heterocycles. The maximum absolute atomic E-state index is 10.5. The summed E-state index contributed by atoms with van der Waals surface area (Å²) in [6.45, 7) is 8.03. The Hall–Kier alpha value is -1.32. The third-order valence-corrected chi connectivity index (χ3v) is 2.45. The first kappa shape index (κ1) is 11.8. The first-order valence-corrected chi connectivity index (χ1v) is 5.33. The molecular weight excluding hydrogens is 192 g/mol. The summed E-state index contributed by atoms with van der Waals surface area (Å²) in [6.07, 6.45) is 4.99. The Balaban J connectivity index is 2.37. The number of imidazole rings is 1. The van der Waals surface area contributed by atoms with Crippen LogP contribution in [0.4, 0.5) is 0 Å². The molecule has 1 aromatic heterocycles. The zero-order valence-electron chi connectivity index (χ0n) is 9.69. The lowest BCUT2D eigenvalue weighted by Gasteiger charge is -2.01. The molecule has 0 spiro atoms. The molecule has 1 aromatic rings. The minimum Gasteiger partial charge on any atom is -0.466 e. The van der Waals surface area contributed by atoms with E-state index in [1.165, 1.54) is 12.7 Å². The van der Waals surface area contributed by atoms with Gasteiger partial charge >= 0.3 is 5.97 Å². The maximum atomic E-state index is 10.5. The molecular formula is C11H19N2O2+. The number of aromatic nitrogens is 2. The minimum atomic E-state index is -0.206. The van der Waals surface area contributed by atoms with Crippen LogP contribution in [0.5, 0.6) is 0 Å². The fraction of sp³-hybridized carbons (Fsp3) is 0.636. The molecule has 4 nitrogen and oxygen atoms in total. The molecule has 1 rings (SSSR count). The fourth-order valence-electron chi connectivity index (χ4n) is 1.56. The van der Waals surface area contributed by atoms with E-state index >= 15 is 0 Å². The molecule has 0 bridgehead atoms. The largest absolute Gasteiger partial charge is 0.466 e. The summed E-state index contributed by atoms with van der Waals surface area (Å²) in [4.78, 5) is 10.5. The van der Waals surface area contributed by atoms with Gasteiger partial charge in [0.25, 0.3) is 5.82 Å². The van der Waals surface area contributed by atoms with Crippen molar-refractivity contribution in [3.63, 3.8) is 0 Å². The van der Waals surface area contributed by atoms with E-state index < -0.39 is 0 Å². The Morgan fingerprint density at radius 2 is 2.33 bits per heavy atom. The van der Waals surface area contributed by atoms with Crippen LogP contribution in [0.2, 0.25) is 0 Å². The molecule has 0 aliphatic carbocycles. The second-order valence-corrected chi connectivity index (χ2v) is 3.52. The zero-order chi connectivity index (χ0) is 11.3. The van der Waals surface area contributed by atoms with Gasteiger partial charge in [0.2, 0.25) is 0 Å². The number of esters is 1. The third kappa shape index (κ3) is 3.38. The highest BCUT2D eigenvalue weighted by Crippen LogP contribution is 1.94. The van der Waals surface area contributed by atoms with Gasteiger partial charge in [0.05, 0.1) is 19.7 Å². The summed E-state index contributed by atoms with van der Waals surface area (Å²) in [7, 11) is 0. The summed E-state index contributed by atoms with van der Waals surface area (Å²) in [6, 6.07) is 0. The molecule has 0 aliphatic heterocycles. The standard InChI is InChI=1S/C11H19N2O2/c1-4-12-7-8-13(10(12)2)6-5-9-15-11(3)14/h7-8H,4-6,9H2,1-3H3/q+1. The average Bonchev–Trinajstić information content (AvgIpc) is 2.54. The number of hydrogen-bond acceptors (Lipinski definition) is 2. The topological polar surface area (TPSA) is 35.1 Å². The minimum absolute atomic E-state index is 0.206. The summed E-state index contributed by atoms with van der Waals surface area (Å²) in [5.41, 5.74) is 0. The van der Waals surface area contributed by atoms with Crippen molar-refractivity contribution < 1.29 is 14.1 Å². The highest BCUT2D eigenvalue weighted by atomic mass is 16.5. The number of hydrogen-bond donors (Lipinski definition) is 0. The van der Waals surface area contributed by atoms with E-state index in [9.17, 15) is 4.79 Å². The second-order valence-electron chi connectivity index (χ2n) is 3.52. The SMILES string of the molecule is CCn1cc[n+](CCCOC(C)=O)c1C. The van der Waals surface area contributed by atoms with Crippen LogP contribution in [-0.2, 0) is 22.6 Å². The quantitative estimate of drug-likeness (QED) is 0.414. The predicted octanol–water partition coefficient (Wildman–Crippen LogP) is 1.06. The third-order valence-electron chi connectivity index (χ3n) is 2.45. The number of nitrogens with zero attached hydrogens (tertiary/aromatic N) is 2. The second kappa shape index (κ2) is 5.53. The van der Waals surface area contributed by atoms with Gasteiger partial charge in [-0.05, 0) is 6.92 Å². The Morgan fingerprint density at radius 1 is 1.60 bits per heavy atom. The van der Waals surface area contributed by atoms with E-state index in [1.807, 2.05) is 0 Å². The van der Waals surface area contributed by atoms with Gasteiger partial charge in [-0.2, -0.15) is 0 Å². The van der Waals surface area contributed by atoms with Gasteiger partial charge in [0.15, 0.2) is 0 Å². The lowest BCUT2D eigenvalue weighted by molar-refractivity contribution is -0.702. The Morgan fingerprint density at radius 3 is 2.87 bits per heavy atom. The van der Waals surface area contributed by atoms with Crippen LogP contribution in [-0.4, -0.2) is 17.1 Å². The number of ether oxygens (including phenoxy) is 1. The van der Waals surface area contributed by atoms with E-state index in [1.54, 1.807) is 0 Å². The van der Waals surface area contributed by atoms with Crippen molar-refractivity contribution in [1.29, 1.82) is 0 Å². The van der Waals surface area contributed by atoms with Gasteiger partial charge in [-0.15, -0.1) is 0 Å².